The van der Waals surface area contributed by atoms with Crippen LogP contribution in [0, 0.1) is 5.82 Å². The molecule has 0 spiro atoms. The van der Waals surface area contributed by atoms with E-state index in [-0.39, 0.29) is 12.4 Å². The lowest BCUT2D eigenvalue weighted by Crippen LogP contribution is -2.04. The molecule has 0 bridgehead atoms. The maximum atomic E-state index is 13.8. The van der Waals surface area contributed by atoms with E-state index < -0.39 is 0 Å². The summed E-state index contributed by atoms with van der Waals surface area (Å²) in [5.41, 5.74) is 2.11. The van der Waals surface area contributed by atoms with E-state index in [0.29, 0.717) is 32.9 Å². The van der Waals surface area contributed by atoms with Crippen LogP contribution in [0.5, 0.6) is 5.75 Å². The molecule has 3 aromatic carbocycles. The van der Waals surface area contributed by atoms with Crippen molar-refractivity contribution in [3.05, 3.63) is 92.7 Å². The molecule has 0 saturated heterocycles. The first kappa shape index (κ1) is 18.8. The van der Waals surface area contributed by atoms with Gasteiger partial charge in [0.1, 0.15) is 18.2 Å². The second-order valence-corrected chi connectivity index (χ2v) is 6.95. The fourth-order valence-corrected chi connectivity index (χ4v) is 3.17. The Labute approximate surface area is 166 Å². The molecule has 0 atom stereocenters. The van der Waals surface area contributed by atoms with Crippen molar-refractivity contribution in [2.75, 3.05) is 5.32 Å². The normalized spacial score (nSPS) is 10.6. The highest BCUT2D eigenvalue weighted by Gasteiger charge is 2.08. The largest absolute Gasteiger partial charge is 0.488 e. The molecule has 6 heteroatoms. The molecule has 0 aliphatic carbocycles. The number of ether oxygens (including phenoxy) is 1. The van der Waals surface area contributed by atoms with Gasteiger partial charge in [-0.2, -0.15) is 0 Å². The highest BCUT2D eigenvalue weighted by molar-refractivity contribution is 6.35. The molecular formula is C20H15Cl3FNO. The van der Waals surface area contributed by atoms with Crippen LogP contribution in [0.1, 0.15) is 11.1 Å². The first-order valence-corrected chi connectivity index (χ1v) is 8.99. The molecule has 0 fully saturated rings. The second-order valence-electron chi connectivity index (χ2n) is 5.64. The third-order valence-corrected chi connectivity index (χ3v) is 4.38. The molecule has 0 saturated carbocycles. The minimum atomic E-state index is -0.297. The number of nitrogens with one attached hydrogen (secondary N) is 1. The number of benzene rings is 3. The van der Waals surface area contributed by atoms with E-state index in [4.69, 9.17) is 39.5 Å². The summed E-state index contributed by atoms with van der Waals surface area (Å²) in [6.07, 6.45) is 0. The summed E-state index contributed by atoms with van der Waals surface area (Å²) in [6.45, 7) is 0.578. The van der Waals surface area contributed by atoms with Gasteiger partial charge in [0.2, 0.25) is 0 Å². The molecule has 0 unspecified atom stereocenters. The average Bonchev–Trinajstić information content (AvgIpc) is 2.59. The van der Waals surface area contributed by atoms with Gasteiger partial charge in [-0.25, -0.2) is 4.39 Å². The topological polar surface area (TPSA) is 21.3 Å². The van der Waals surface area contributed by atoms with Crippen molar-refractivity contribution in [2.24, 2.45) is 0 Å². The van der Waals surface area contributed by atoms with Crippen molar-refractivity contribution in [3.8, 4) is 5.75 Å². The summed E-state index contributed by atoms with van der Waals surface area (Å²) in [5, 5.41) is 4.91. The van der Waals surface area contributed by atoms with Gasteiger partial charge in [0, 0.05) is 38.4 Å². The van der Waals surface area contributed by atoms with Gasteiger partial charge >= 0.3 is 0 Å². The Kier molecular flexibility index (Phi) is 6.25. The fourth-order valence-electron chi connectivity index (χ4n) is 2.45. The molecule has 3 rings (SSSR count). The van der Waals surface area contributed by atoms with E-state index in [0.717, 1.165) is 11.3 Å². The highest BCUT2D eigenvalue weighted by Crippen LogP contribution is 2.27. The molecule has 3 aromatic rings. The van der Waals surface area contributed by atoms with Crippen molar-refractivity contribution in [2.45, 2.75) is 13.2 Å². The average molecular weight is 411 g/mol. The molecule has 0 aromatic heterocycles. The summed E-state index contributed by atoms with van der Waals surface area (Å²) in [6, 6.07) is 17.0. The Hall–Kier alpha value is -1.94. The minimum absolute atomic E-state index is 0.129. The van der Waals surface area contributed by atoms with Crippen molar-refractivity contribution < 1.29 is 9.13 Å². The lowest BCUT2D eigenvalue weighted by atomic mass is 10.2. The number of anilines is 1. The molecule has 2 nitrogen and oxygen atoms in total. The van der Waals surface area contributed by atoms with Gasteiger partial charge in [-0.05, 0) is 42.5 Å². The predicted octanol–water partition coefficient (Wildman–Crippen LogP) is 6.98. The van der Waals surface area contributed by atoms with Crippen molar-refractivity contribution in [1.82, 2.24) is 0 Å². The number of hydrogen-bond acceptors (Lipinski definition) is 2. The van der Waals surface area contributed by atoms with Crippen LogP contribution in [0.25, 0.3) is 0 Å². The maximum absolute atomic E-state index is 13.8. The van der Waals surface area contributed by atoms with Gasteiger partial charge in [0.25, 0.3) is 0 Å². The molecule has 134 valence electrons. The van der Waals surface area contributed by atoms with Gasteiger partial charge in [-0.15, -0.1) is 0 Å². The van der Waals surface area contributed by atoms with E-state index >= 15 is 0 Å². The van der Waals surface area contributed by atoms with Gasteiger partial charge in [0.05, 0.1) is 0 Å². The molecule has 0 aliphatic rings. The monoisotopic (exact) mass is 409 g/mol. The molecule has 1 N–H and O–H groups in total. The predicted molar refractivity (Wildman–Crippen MR) is 106 cm³/mol. The van der Waals surface area contributed by atoms with E-state index in [2.05, 4.69) is 5.32 Å². The van der Waals surface area contributed by atoms with Crippen molar-refractivity contribution in [3.63, 3.8) is 0 Å². The van der Waals surface area contributed by atoms with Crippen LogP contribution < -0.4 is 10.1 Å². The summed E-state index contributed by atoms with van der Waals surface area (Å²) in [5.74, 6) is 0.327. The van der Waals surface area contributed by atoms with Crippen LogP contribution in [-0.4, -0.2) is 0 Å². The Morgan fingerprint density at radius 1 is 0.808 bits per heavy atom. The van der Waals surface area contributed by atoms with Crippen LogP contribution in [-0.2, 0) is 13.2 Å². The van der Waals surface area contributed by atoms with Crippen LogP contribution in [0.3, 0.4) is 0 Å². The molecule has 0 amide bonds. The SMILES string of the molecule is Fc1ccccc1COc1ccc(Cl)cc1CNc1cc(Cl)cc(Cl)c1. The highest BCUT2D eigenvalue weighted by atomic mass is 35.5. The smallest absolute Gasteiger partial charge is 0.129 e. The van der Waals surface area contributed by atoms with E-state index in [1.54, 1.807) is 54.6 Å². The Morgan fingerprint density at radius 3 is 2.27 bits per heavy atom. The Morgan fingerprint density at radius 2 is 1.54 bits per heavy atom. The van der Waals surface area contributed by atoms with Gasteiger partial charge in [0.15, 0.2) is 0 Å². The number of rotatable bonds is 6. The van der Waals surface area contributed by atoms with E-state index in [1.807, 2.05) is 0 Å². The van der Waals surface area contributed by atoms with Crippen molar-refractivity contribution in [1.29, 1.82) is 0 Å². The second kappa shape index (κ2) is 8.63. The maximum Gasteiger partial charge on any atom is 0.129 e. The zero-order chi connectivity index (χ0) is 18.5. The summed E-state index contributed by atoms with van der Waals surface area (Å²) in [7, 11) is 0. The van der Waals surface area contributed by atoms with Crippen LogP contribution >= 0.6 is 34.8 Å². The van der Waals surface area contributed by atoms with Crippen LogP contribution in [0.2, 0.25) is 15.1 Å². The quantitative estimate of drug-likeness (QED) is 0.473. The Balaban J connectivity index is 1.74. The summed E-state index contributed by atoms with van der Waals surface area (Å²) in [4.78, 5) is 0. The lowest BCUT2D eigenvalue weighted by molar-refractivity contribution is 0.297. The summed E-state index contributed by atoms with van der Waals surface area (Å²) < 4.78 is 19.6. The van der Waals surface area contributed by atoms with Crippen LogP contribution in [0.15, 0.2) is 60.7 Å². The molecule has 0 radical (unpaired) electrons. The van der Waals surface area contributed by atoms with Crippen LogP contribution in [0.4, 0.5) is 10.1 Å². The molecular weight excluding hydrogens is 396 g/mol. The van der Waals surface area contributed by atoms with Gasteiger partial charge in [-0.3, -0.25) is 0 Å². The van der Waals surface area contributed by atoms with E-state index in [1.165, 1.54) is 6.07 Å². The first-order chi connectivity index (χ1) is 12.5. The van der Waals surface area contributed by atoms with Gasteiger partial charge < -0.3 is 10.1 Å². The number of halogens is 4. The first-order valence-electron chi connectivity index (χ1n) is 7.86. The zero-order valence-corrected chi connectivity index (χ0v) is 15.9. The van der Waals surface area contributed by atoms with E-state index in [9.17, 15) is 4.39 Å². The minimum Gasteiger partial charge on any atom is -0.488 e. The number of hydrogen-bond donors (Lipinski definition) is 1. The lowest BCUT2D eigenvalue weighted by Gasteiger charge is -2.14. The summed E-state index contributed by atoms with van der Waals surface area (Å²) >= 11 is 18.1. The Bertz CT molecular complexity index is 897. The molecule has 0 heterocycles. The fraction of sp³-hybridized carbons (Fsp3) is 0.100. The van der Waals surface area contributed by atoms with Gasteiger partial charge in [-0.1, -0.05) is 53.0 Å². The molecule has 26 heavy (non-hydrogen) atoms. The standard InChI is InChI=1S/C20H15Cl3FNO/c21-15-5-6-20(26-12-13-3-1-2-4-19(13)24)14(7-15)11-25-18-9-16(22)8-17(23)10-18/h1-10,25H,11-12H2. The zero-order valence-electron chi connectivity index (χ0n) is 13.6. The van der Waals surface area contributed by atoms with Crippen molar-refractivity contribution >= 4 is 40.5 Å². The molecule has 0 aliphatic heterocycles. The third-order valence-electron chi connectivity index (χ3n) is 3.71. The third kappa shape index (κ3) is 5.04.